The summed E-state index contributed by atoms with van der Waals surface area (Å²) in [6.07, 6.45) is 20.8. The number of hydrogen-bond acceptors (Lipinski definition) is 2. The van der Waals surface area contributed by atoms with E-state index in [0.29, 0.717) is 18.8 Å². The maximum absolute atomic E-state index is 11.3. The van der Waals surface area contributed by atoms with Crippen molar-refractivity contribution in [1.29, 1.82) is 0 Å². The van der Waals surface area contributed by atoms with E-state index in [-0.39, 0.29) is 12.5 Å². The van der Waals surface area contributed by atoms with E-state index < -0.39 is 5.97 Å². The van der Waals surface area contributed by atoms with E-state index in [4.69, 9.17) is 5.11 Å². The third-order valence-electron chi connectivity index (χ3n) is 5.56. The summed E-state index contributed by atoms with van der Waals surface area (Å²) in [5, 5.41) is 18.3. The monoisotopic (exact) mass is 370 g/mol. The minimum atomic E-state index is -0.663. The summed E-state index contributed by atoms with van der Waals surface area (Å²) in [5.74, 6) is -0.592. The van der Waals surface area contributed by atoms with Gasteiger partial charge in [0.05, 0.1) is 5.92 Å². The molecule has 156 valence electrons. The Morgan fingerprint density at radius 1 is 0.731 bits per heavy atom. The third kappa shape index (κ3) is 16.9. The molecule has 0 aromatic carbocycles. The van der Waals surface area contributed by atoms with Gasteiger partial charge in [0.1, 0.15) is 0 Å². The van der Waals surface area contributed by atoms with E-state index in [0.717, 1.165) is 19.3 Å². The van der Waals surface area contributed by atoms with Gasteiger partial charge in [-0.25, -0.2) is 0 Å². The van der Waals surface area contributed by atoms with Gasteiger partial charge in [-0.2, -0.15) is 0 Å². The van der Waals surface area contributed by atoms with Crippen molar-refractivity contribution in [3.63, 3.8) is 0 Å². The Hall–Kier alpha value is -0.570. The minimum absolute atomic E-state index is 0.159. The van der Waals surface area contributed by atoms with Gasteiger partial charge in [-0.15, -0.1) is 0 Å². The van der Waals surface area contributed by atoms with Gasteiger partial charge in [0.25, 0.3) is 0 Å². The smallest absolute Gasteiger partial charge is 0.306 e. The summed E-state index contributed by atoms with van der Waals surface area (Å²) >= 11 is 0. The minimum Gasteiger partial charge on any atom is -0.481 e. The molecule has 0 saturated carbocycles. The molecular weight excluding hydrogens is 324 g/mol. The van der Waals surface area contributed by atoms with Gasteiger partial charge in [0.15, 0.2) is 0 Å². The lowest BCUT2D eigenvalue weighted by atomic mass is 9.89. The average molecular weight is 371 g/mol. The highest BCUT2D eigenvalue weighted by molar-refractivity contribution is 5.69. The zero-order valence-electron chi connectivity index (χ0n) is 17.7. The van der Waals surface area contributed by atoms with Gasteiger partial charge in [0.2, 0.25) is 0 Å². The molecule has 0 rings (SSSR count). The van der Waals surface area contributed by atoms with E-state index >= 15 is 0 Å². The lowest BCUT2D eigenvalue weighted by Crippen LogP contribution is -2.17. The molecule has 0 bridgehead atoms. The molecule has 0 aliphatic heterocycles. The number of carbonyl (C=O) groups is 1. The second kappa shape index (κ2) is 19.2. The van der Waals surface area contributed by atoms with Crippen molar-refractivity contribution in [1.82, 2.24) is 0 Å². The highest BCUT2D eigenvalue weighted by Gasteiger charge is 2.19. The maximum Gasteiger partial charge on any atom is 0.306 e. The molecule has 3 nitrogen and oxygen atoms in total. The molecule has 3 heteroatoms. The summed E-state index contributed by atoms with van der Waals surface area (Å²) < 4.78 is 0. The Morgan fingerprint density at radius 2 is 1.15 bits per heavy atom. The SMILES string of the molecule is CCCCCCCCCCCCCCCCC(CC(C)CCO)C(=O)O. The topological polar surface area (TPSA) is 57.5 Å². The van der Waals surface area contributed by atoms with Gasteiger partial charge in [-0.3, -0.25) is 4.79 Å². The van der Waals surface area contributed by atoms with Gasteiger partial charge in [-0.1, -0.05) is 104 Å². The fourth-order valence-electron chi connectivity index (χ4n) is 3.75. The largest absolute Gasteiger partial charge is 0.481 e. The Bertz CT molecular complexity index is 304. The van der Waals surface area contributed by atoms with Crippen LogP contribution in [0.5, 0.6) is 0 Å². The molecule has 0 aliphatic carbocycles. The number of aliphatic hydroxyl groups is 1. The fraction of sp³-hybridized carbons (Fsp3) is 0.957. The Morgan fingerprint density at radius 3 is 1.54 bits per heavy atom. The van der Waals surface area contributed by atoms with Crippen LogP contribution >= 0.6 is 0 Å². The van der Waals surface area contributed by atoms with E-state index in [9.17, 15) is 9.90 Å². The van der Waals surface area contributed by atoms with Crippen LogP contribution in [0.3, 0.4) is 0 Å². The van der Waals surface area contributed by atoms with Crippen molar-refractivity contribution in [3.05, 3.63) is 0 Å². The summed E-state index contributed by atoms with van der Waals surface area (Å²) in [6, 6.07) is 0. The van der Waals surface area contributed by atoms with E-state index in [1.54, 1.807) is 0 Å². The Labute approximate surface area is 163 Å². The van der Waals surface area contributed by atoms with Crippen LogP contribution in [0.25, 0.3) is 0 Å². The molecule has 0 amide bonds. The molecule has 0 radical (unpaired) electrons. The molecule has 0 aromatic rings. The Balaban J connectivity index is 3.41. The van der Waals surface area contributed by atoms with Gasteiger partial charge < -0.3 is 10.2 Å². The van der Waals surface area contributed by atoms with Crippen molar-refractivity contribution >= 4 is 5.97 Å². The van der Waals surface area contributed by atoms with Gasteiger partial charge in [-0.05, 0) is 25.2 Å². The van der Waals surface area contributed by atoms with Crippen molar-refractivity contribution in [2.75, 3.05) is 6.61 Å². The van der Waals surface area contributed by atoms with Crippen LogP contribution in [0, 0.1) is 11.8 Å². The fourth-order valence-corrected chi connectivity index (χ4v) is 3.75. The van der Waals surface area contributed by atoms with Crippen molar-refractivity contribution < 1.29 is 15.0 Å². The zero-order valence-corrected chi connectivity index (χ0v) is 17.7. The van der Waals surface area contributed by atoms with Crippen LogP contribution in [-0.2, 0) is 4.79 Å². The zero-order chi connectivity index (χ0) is 19.5. The van der Waals surface area contributed by atoms with Crippen molar-refractivity contribution in [2.24, 2.45) is 11.8 Å². The quantitative estimate of drug-likeness (QED) is 0.228. The summed E-state index contributed by atoms with van der Waals surface area (Å²) in [5.41, 5.74) is 0. The standard InChI is InChI=1S/C23H46O3/c1-3-4-5-6-7-8-9-10-11-12-13-14-15-16-17-22(23(25)26)20-21(2)18-19-24/h21-22,24H,3-20H2,1-2H3,(H,25,26). The van der Waals surface area contributed by atoms with Crippen LogP contribution in [0.4, 0.5) is 0 Å². The van der Waals surface area contributed by atoms with E-state index in [1.807, 2.05) is 6.92 Å². The normalized spacial score (nSPS) is 13.7. The first-order valence-corrected chi connectivity index (χ1v) is 11.5. The number of carboxylic acid groups (broad SMARTS) is 1. The second-order valence-corrected chi connectivity index (χ2v) is 8.27. The Kier molecular flexibility index (Phi) is 18.8. The molecule has 0 fully saturated rings. The van der Waals surface area contributed by atoms with Gasteiger partial charge in [0, 0.05) is 6.61 Å². The number of aliphatic carboxylic acids is 1. The number of aliphatic hydroxyl groups excluding tert-OH is 1. The van der Waals surface area contributed by atoms with E-state index in [1.165, 1.54) is 77.0 Å². The molecule has 26 heavy (non-hydrogen) atoms. The highest BCUT2D eigenvalue weighted by atomic mass is 16.4. The summed E-state index contributed by atoms with van der Waals surface area (Å²) in [6.45, 7) is 4.47. The first-order valence-electron chi connectivity index (χ1n) is 11.5. The maximum atomic E-state index is 11.3. The van der Waals surface area contributed by atoms with Crippen LogP contribution in [0.1, 0.15) is 123 Å². The van der Waals surface area contributed by atoms with Crippen LogP contribution in [-0.4, -0.2) is 22.8 Å². The molecule has 0 aliphatic rings. The molecule has 2 atom stereocenters. The lowest BCUT2D eigenvalue weighted by Gasteiger charge is -2.16. The summed E-state index contributed by atoms with van der Waals surface area (Å²) in [4.78, 5) is 11.3. The first kappa shape index (κ1) is 25.4. The second-order valence-electron chi connectivity index (χ2n) is 8.27. The number of hydrogen-bond donors (Lipinski definition) is 2. The summed E-state index contributed by atoms with van der Waals surface area (Å²) in [7, 11) is 0. The molecular formula is C23H46O3. The highest BCUT2D eigenvalue weighted by Crippen LogP contribution is 2.22. The molecule has 0 aromatic heterocycles. The van der Waals surface area contributed by atoms with Crippen molar-refractivity contribution in [2.45, 2.75) is 123 Å². The van der Waals surface area contributed by atoms with Crippen LogP contribution in [0.2, 0.25) is 0 Å². The first-order chi connectivity index (χ1) is 12.6. The van der Waals surface area contributed by atoms with Gasteiger partial charge >= 0.3 is 5.97 Å². The predicted octanol–water partition coefficient (Wildman–Crippen LogP) is 6.97. The van der Waals surface area contributed by atoms with Crippen molar-refractivity contribution in [3.8, 4) is 0 Å². The predicted molar refractivity (Wildman–Crippen MR) is 112 cm³/mol. The van der Waals surface area contributed by atoms with E-state index in [2.05, 4.69) is 6.92 Å². The third-order valence-corrected chi connectivity index (χ3v) is 5.56. The molecule has 0 spiro atoms. The number of carboxylic acids is 1. The van der Waals surface area contributed by atoms with Crippen LogP contribution in [0.15, 0.2) is 0 Å². The molecule has 2 unspecified atom stereocenters. The lowest BCUT2D eigenvalue weighted by molar-refractivity contribution is -0.142. The van der Waals surface area contributed by atoms with Crippen LogP contribution < -0.4 is 0 Å². The number of rotatable bonds is 20. The molecule has 2 N–H and O–H groups in total. The number of unbranched alkanes of at least 4 members (excludes halogenated alkanes) is 13. The molecule has 0 saturated heterocycles. The molecule has 0 heterocycles. The average Bonchev–Trinajstić information content (AvgIpc) is 2.61.